The molecule has 0 aliphatic carbocycles. The van der Waals surface area contributed by atoms with E-state index in [9.17, 15) is 4.79 Å². The predicted molar refractivity (Wildman–Crippen MR) is 104 cm³/mol. The van der Waals surface area contributed by atoms with Crippen molar-refractivity contribution in [3.8, 4) is 0 Å². The van der Waals surface area contributed by atoms with Gasteiger partial charge in [-0.25, -0.2) is 4.98 Å². The number of thiazole rings is 1. The van der Waals surface area contributed by atoms with Crippen molar-refractivity contribution in [3.63, 3.8) is 0 Å². The number of hydrogen-bond acceptors (Lipinski definition) is 4. The van der Waals surface area contributed by atoms with Gasteiger partial charge in [0.1, 0.15) is 0 Å². The van der Waals surface area contributed by atoms with Crippen LogP contribution in [0.25, 0.3) is 10.2 Å². The monoisotopic (exact) mass is 351 g/mol. The summed E-state index contributed by atoms with van der Waals surface area (Å²) in [6.07, 6.45) is 1.74. The van der Waals surface area contributed by atoms with Crippen LogP contribution in [0.4, 0.5) is 10.8 Å². The van der Waals surface area contributed by atoms with Crippen LogP contribution in [-0.4, -0.2) is 24.0 Å². The maximum absolute atomic E-state index is 12.5. The van der Waals surface area contributed by atoms with Gasteiger partial charge >= 0.3 is 0 Å². The summed E-state index contributed by atoms with van der Waals surface area (Å²) in [4.78, 5) is 19.5. The van der Waals surface area contributed by atoms with Gasteiger partial charge in [-0.2, -0.15) is 0 Å². The van der Waals surface area contributed by atoms with Gasteiger partial charge in [-0.1, -0.05) is 41.2 Å². The Morgan fingerprint density at radius 2 is 1.84 bits per heavy atom. The van der Waals surface area contributed by atoms with Crippen molar-refractivity contribution < 1.29 is 4.79 Å². The first-order chi connectivity index (χ1) is 12.2. The van der Waals surface area contributed by atoms with Gasteiger partial charge < -0.3 is 10.2 Å². The highest BCUT2D eigenvalue weighted by Crippen LogP contribution is 2.31. The molecular formula is C20H21N3OS. The highest BCUT2D eigenvalue weighted by molar-refractivity contribution is 7.22. The molecule has 0 radical (unpaired) electrons. The normalized spacial score (nSPS) is 15.5. The largest absolute Gasteiger partial charge is 0.348 e. The van der Waals surface area contributed by atoms with Crippen molar-refractivity contribution in [2.45, 2.75) is 19.8 Å². The molecule has 1 amide bonds. The minimum absolute atomic E-state index is 0.0759. The van der Waals surface area contributed by atoms with Crippen LogP contribution in [0.3, 0.4) is 0 Å². The van der Waals surface area contributed by atoms with Gasteiger partial charge in [0, 0.05) is 24.7 Å². The number of fused-ring (bicyclic) bond motifs is 1. The Kier molecular flexibility index (Phi) is 4.40. The van der Waals surface area contributed by atoms with Gasteiger partial charge in [0.15, 0.2) is 5.13 Å². The molecule has 0 bridgehead atoms. The zero-order chi connectivity index (χ0) is 17.2. The molecule has 0 spiro atoms. The fourth-order valence-corrected chi connectivity index (χ4v) is 4.23. The van der Waals surface area contributed by atoms with Crippen LogP contribution >= 0.6 is 11.3 Å². The topological polar surface area (TPSA) is 45.2 Å². The summed E-state index contributed by atoms with van der Waals surface area (Å²) in [5.74, 6) is 0.208. The molecule has 1 aliphatic rings. The average molecular weight is 351 g/mol. The Hall–Kier alpha value is -2.40. The summed E-state index contributed by atoms with van der Waals surface area (Å²) in [6.45, 7) is 3.81. The lowest BCUT2D eigenvalue weighted by Crippen LogP contribution is -2.38. The third kappa shape index (κ3) is 3.51. The second kappa shape index (κ2) is 6.84. The van der Waals surface area contributed by atoms with Gasteiger partial charge in [-0.15, -0.1) is 0 Å². The number of hydrogen-bond donors (Lipinski definition) is 1. The van der Waals surface area contributed by atoms with E-state index in [0.717, 1.165) is 42.3 Å². The van der Waals surface area contributed by atoms with Crippen LogP contribution in [0.15, 0.2) is 48.5 Å². The van der Waals surface area contributed by atoms with Gasteiger partial charge in [0.2, 0.25) is 5.91 Å². The first kappa shape index (κ1) is 16.1. The van der Waals surface area contributed by atoms with E-state index >= 15 is 0 Å². The van der Waals surface area contributed by atoms with Gasteiger partial charge in [-0.3, -0.25) is 4.79 Å². The Balaban J connectivity index is 1.37. The molecule has 1 N–H and O–H groups in total. The molecule has 128 valence electrons. The summed E-state index contributed by atoms with van der Waals surface area (Å²) in [5.41, 5.74) is 3.13. The number of nitrogens with zero attached hydrogens (tertiary/aromatic N) is 2. The van der Waals surface area contributed by atoms with E-state index in [4.69, 9.17) is 4.98 Å². The van der Waals surface area contributed by atoms with Crippen molar-refractivity contribution in [2.24, 2.45) is 5.92 Å². The highest BCUT2D eigenvalue weighted by Gasteiger charge is 2.26. The fourth-order valence-electron chi connectivity index (χ4n) is 3.21. The van der Waals surface area contributed by atoms with Crippen LogP contribution < -0.4 is 10.2 Å². The molecule has 4 rings (SSSR count). The molecule has 1 fully saturated rings. The molecule has 1 aliphatic heterocycles. The van der Waals surface area contributed by atoms with Crippen LogP contribution in [0.1, 0.15) is 18.4 Å². The maximum atomic E-state index is 12.5. The summed E-state index contributed by atoms with van der Waals surface area (Å²) in [5, 5.41) is 4.11. The zero-order valence-electron chi connectivity index (χ0n) is 14.2. The smallest absolute Gasteiger partial charge is 0.227 e. The summed E-state index contributed by atoms with van der Waals surface area (Å²) >= 11 is 1.73. The SMILES string of the molecule is Cc1ccc(NC(=O)C2CCN(c3nc4ccccc4s3)CC2)cc1. The Bertz CT molecular complexity index is 846. The molecule has 25 heavy (non-hydrogen) atoms. The zero-order valence-corrected chi connectivity index (χ0v) is 15.1. The number of aryl methyl sites for hydroxylation is 1. The lowest BCUT2D eigenvalue weighted by atomic mass is 9.96. The minimum Gasteiger partial charge on any atom is -0.348 e. The molecule has 2 aromatic carbocycles. The number of rotatable bonds is 3. The lowest BCUT2D eigenvalue weighted by molar-refractivity contribution is -0.120. The highest BCUT2D eigenvalue weighted by atomic mass is 32.1. The number of carbonyl (C=O) groups is 1. The number of amides is 1. The van der Waals surface area contributed by atoms with Crippen LogP contribution in [0.5, 0.6) is 0 Å². The van der Waals surface area contributed by atoms with E-state index in [0.29, 0.717) is 0 Å². The molecule has 0 unspecified atom stereocenters. The molecular weight excluding hydrogens is 330 g/mol. The predicted octanol–water partition coefficient (Wildman–Crippen LogP) is 4.46. The van der Waals surface area contributed by atoms with Crippen LogP contribution in [-0.2, 0) is 4.79 Å². The first-order valence-electron chi connectivity index (χ1n) is 8.67. The van der Waals surface area contributed by atoms with Gasteiger partial charge in [0.05, 0.1) is 10.2 Å². The van der Waals surface area contributed by atoms with E-state index in [-0.39, 0.29) is 11.8 Å². The van der Waals surface area contributed by atoms with Gasteiger partial charge in [0.25, 0.3) is 0 Å². The van der Waals surface area contributed by atoms with E-state index in [1.165, 1.54) is 10.3 Å². The van der Waals surface area contributed by atoms with E-state index in [1.54, 1.807) is 11.3 Å². The van der Waals surface area contributed by atoms with E-state index in [1.807, 2.05) is 43.3 Å². The Morgan fingerprint density at radius 3 is 2.56 bits per heavy atom. The third-order valence-electron chi connectivity index (χ3n) is 4.74. The lowest BCUT2D eigenvalue weighted by Gasteiger charge is -2.31. The Labute approximate surface area is 151 Å². The van der Waals surface area contributed by atoms with Crippen molar-refractivity contribution in [1.82, 2.24) is 4.98 Å². The molecule has 3 aromatic rings. The second-order valence-corrected chi connectivity index (χ2v) is 7.59. The summed E-state index contributed by atoms with van der Waals surface area (Å²) in [6, 6.07) is 16.2. The number of carbonyl (C=O) groups excluding carboxylic acids is 1. The molecule has 1 saturated heterocycles. The number of benzene rings is 2. The number of piperidine rings is 1. The average Bonchev–Trinajstić information content (AvgIpc) is 3.08. The van der Waals surface area contributed by atoms with Crippen molar-refractivity contribution in [2.75, 3.05) is 23.3 Å². The quantitative estimate of drug-likeness (QED) is 0.758. The van der Waals surface area contributed by atoms with E-state index < -0.39 is 0 Å². The molecule has 0 atom stereocenters. The van der Waals surface area contributed by atoms with Crippen LogP contribution in [0.2, 0.25) is 0 Å². The number of para-hydroxylation sites is 1. The number of nitrogens with one attached hydrogen (secondary N) is 1. The molecule has 5 heteroatoms. The Morgan fingerprint density at radius 1 is 1.12 bits per heavy atom. The molecule has 2 heterocycles. The van der Waals surface area contributed by atoms with Crippen molar-refractivity contribution >= 4 is 38.3 Å². The fraction of sp³-hybridized carbons (Fsp3) is 0.300. The van der Waals surface area contributed by atoms with E-state index in [2.05, 4.69) is 22.3 Å². The summed E-state index contributed by atoms with van der Waals surface area (Å²) < 4.78 is 1.22. The second-order valence-electron chi connectivity index (χ2n) is 6.58. The minimum atomic E-state index is 0.0759. The van der Waals surface area contributed by atoms with Gasteiger partial charge in [-0.05, 0) is 44.0 Å². The van der Waals surface area contributed by atoms with Crippen molar-refractivity contribution in [3.05, 3.63) is 54.1 Å². The maximum Gasteiger partial charge on any atom is 0.227 e. The van der Waals surface area contributed by atoms with Crippen molar-refractivity contribution in [1.29, 1.82) is 0 Å². The molecule has 1 aromatic heterocycles. The summed E-state index contributed by atoms with van der Waals surface area (Å²) in [7, 11) is 0. The number of aromatic nitrogens is 1. The van der Waals surface area contributed by atoms with Crippen LogP contribution in [0, 0.1) is 12.8 Å². The molecule has 0 saturated carbocycles. The first-order valence-corrected chi connectivity index (χ1v) is 9.49. The standard InChI is InChI=1S/C20H21N3OS/c1-14-6-8-16(9-7-14)21-19(24)15-10-12-23(13-11-15)20-22-17-4-2-3-5-18(17)25-20/h2-9,15H,10-13H2,1H3,(H,21,24). The molecule has 4 nitrogen and oxygen atoms in total. The number of anilines is 2. The third-order valence-corrected chi connectivity index (χ3v) is 5.84.